The molecule has 21 heavy (non-hydrogen) atoms. The number of rotatable bonds is 2. The van der Waals surface area contributed by atoms with Crippen LogP contribution in [0.1, 0.15) is 5.56 Å². The van der Waals surface area contributed by atoms with Crippen LogP contribution >= 0.6 is 0 Å². The number of amides is 2. The van der Waals surface area contributed by atoms with Crippen LogP contribution in [0.5, 0.6) is 0 Å². The summed E-state index contributed by atoms with van der Waals surface area (Å²) in [4.78, 5) is 17.6. The lowest BCUT2D eigenvalue weighted by Crippen LogP contribution is -2.42. The highest BCUT2D eigenvalue weighted by Gasteiger charge is 2.13. The second-order valence-electron chi connectivity index (χ2n) is 4.92. The summed E-state index contributed by atoms with van der Waals surface area (Å²) >= 11 is 0. The molecule has 3 heterocycles. The maximum atomic E-state index is 11.0. The average molecular weight is 279 g/mol. The number of H-pyrrole nitrogens is 2. The number of urea groups is 1. The van der Waals surface area contributed by atoms with Gasteiger partial charge in [0.1, 0.15) is 0 Å². The van der Waals surface area contributed by atoms with Gasteiger partial charge in [-0.1, -0.05) is 6.07 Å². The van der Waals surface area contributed by atoms with Crippen LogP contribution in [0.25, 0.3) is 22.3 Å². The van der Waals surface area contributed by atoms with Gasteiger partial charge in [-0.25, -0.2) is 10.2 Å². The SMILES string of the molecule is O=C1NCC(c2ccc3[nH]c(-c4ccc[nH]4)cc3c2)=NN1. The van der Waals surface area contributed by atoms with Crippen LogP contribution in [0.4, 0.5) is 4.79 Å². The Morgan fingerprint density at radius 2 is 2.05 bits per heavy atom. The van der Waals surface area contributed by atoms with Gasteiger partial charge in [0, 0.05) is 22.7 Å². The lowest BCUT2D eigenvalue weighted by molar-refractivity contribution is 0.241. The number of carbonyl (C=O) groups is 1. The molecule has 1 aliphatic heterocycles. The fourth-order valence-corrected chi connectivity index (χ4v) is 2.48. The maximum Gasteiger partial charge on any atom is 0.335 e. The molecule has 0 atom stereocenters. The lowest BCUT2D eigenvalue weighted by Gasteiger charge is -2.13. The summed E-state index contributed by atoms with van der Waals surface area (Å²) in [5.74, 6) is 0. The Labute approximate surface area is 120 Å². The number of hydrogen-bond acceptors (Lipinski definition) is 2. The van der Waals surface area contributed by atoms with E-state index in [1.807, 2.05) is 30.5 Å². The molecule has 3 aromatic rings. The third-order valence-corrected chi connectivity index (χ3v) is 3.55. The third kappa shape index (κ3) is 2.06. The molecule has 2 aromatic heterocycles. The van der Waals surface area contributed by atoms with Gasteiger partial charge < -0.3 is 15.3 Å². The number of fused-ring (bicyclic) bond motifs is 1. The van der Waals surface area contributed by atoms with E-state index in [0.29, 0.717) is 6.54 Å². The van der Waals surface area contributed by atoms with Crippen LogP contribution in [0, 0.1) is 0 Å². The van der Waals surface area contributed by atoms with E-state index in [1.54, 1.807) is 0 Å². The first-order chi connectivity index (χ1) is 10.3. The number of hydrazone groups is 1. The topological polar surface area (TPSA) is 85.1 Å². The van der Waals surface area contributed by atoms with Crippen molar-refractivity contribution in [3.05, 3.63) is 48.2 Å². The van der Waals surface area contributed by atoms with Crippen molar-refractivity contribution in [3.8, 4) is 11.4 Å². The fraction of sp³-hybridized carbons (Fsp3) is 0.0667. The number of hydrogen-bond donors (Lipinski definition) is 4. The Hall–Kier alpha value is -3.02. The summed E-state index contributed by atoms with van der Waals surface area (Å²) in [5, 5.41) is 7.90. The van der Waals surface area contributed by atoms with Gasteiger partial charge in [-0.3, -0.25) is 0 Å². The Morgan fingerprint density at radius 3 is 2.81 bits per heavy atom. The Bertz CT molecular complexity index is 844. The number of aromatic nitrogens is 2. The minimum Gasteiger partial charge on any atom is -0.360 e. The van der Waals surface area contributed by atoms with Crippen molar-refractivity contribution in [1.82, 2.24) is 20.7 Å². The lowest BCUT2D eigenvalue weighted by atomic mass is 10.1. The zero-order chi connectivity index (χ0) is 14.2. The van der Waals surface area contributed by atoms with Gasteiger partial charge in [-0.2, -0.15) is 5.10 Å². The van der Waals surface area contributed by atoms with E-state index >= 15 is 0 Å². The third-order valence-electron chi connectivity index (χ3n) is 3.55. The Kier molecular flexibility index (Phi) is 2.53. The van der Waals surface area contributed by atoms with Crippen LogP contribution in [0.3, 0.4) is 0 Å². The minimum atomic E-state index is -0.268. The summed E-state index contributed by atoms with van der Waals surface area (Å²) in [6.45, 7) is 0.436. The van der Waals surface area contributed by atoms with Gasteiger partial charge in [0.2, 0.25) is 0 Å². The molecular weight excluding hydrogens is 266 g/mol. The highest BCUT2D eigenvalue weighted by atomic mass is 16.2. The number of nitrogens with one attached hydrogen (secondary N) is 4. The second kappa shape index (κ2) is 4.52. The average Bonchev–Trinajstić information content (AvgIpc) is 3.16. The maximum absolute atomic E-state index is 11.0. The van der Waals surface area contributed by atoms with Crippen LogP contribution in [0.15, 0.2) is 47.7 Å². The van der Waals surface area contributed by atoms with Gasteiger partial charge in [0.25, 0.3) is 0 Å². The van der Waals surface area contributed by atoms with E-state index in [4.69, 9.17) is 0 Å². The summed E-state index contributed by atoms with van der Waals surface area (Å²) in [7, 11) is 0. The van der Waals surface area contributed by atoms with Gasteiger partial charge >= 0.3 is 6.03 Å². The predicted molar refractivity (Wildman–Crippen MR) is 81.2 cm³/mol. The smallest absolute Gasteiger partial charge is 0.335 e. The van der Waals surface area contributed by atoms with Crippen molar-refractivity contribution in [1.29, 1.82) is 0 Å². The van der Waals surface area contributed by atoms with Crippen molar-refractivity contribution in [2.75, 3.05) is 6.54 Å². The first-order valence-electron chi connectivity index (χ1n) is 6.67. The van der Waals surface area contributed by atoms with Crippen molar-refractivity contribution in [2.24, 2.45) is 5.10 Å². The molecule has 1 aliphatic rings. The highest BCUT2D eigenvalue weighted by Crippen LogP contribution is 2.24. The molecule has 0 aliphatic carbocycles. The zero-order valence-corrected chi connectivity index (χ0v) is 11.1. The molecule has 0 spiro atoms. The predicted octanol–water partition coefficient (Wildman–Crippen LogP) is 2.18. The van der Waals surface area contributed by atoms with Gasteiger partial charge in [0.15, 0.2) is 0 Å². The molecule has 0 bridgehead atoms. The quantitative estimate of drug-likeness (QED) is 0.569. The number of benzene rings is 1. The Morgan fingerprint density at radius 1 is 1.10 bits per heavy atom. The molecule has 0 unspecified atom stereocenters. The molecule has 2 amide bonds. The van der Waals surface area contributed by atoms with E-state index in [0.717, 1.165) is 33.6 Å². The van der Waals surface area contributed by atoms with E-state index in [1.165, 1.54) is 0 Å². The normalized spacial score (nSPS) is 14.7. The van der Waals surface area contributed by atoms with Crippen LogP contribution in [-0.2, 0) is 0 Å². The van der Waals surface area contributed by atoms with Crippen LogP contribution < -0.4 is 10.7 Å². The molecule has 1 aromatic carbocycles. The van der Waals surface area contributed by atoms with Gasteiger partial charge in [-0.15, -0.1) is 0 Å². The van der Waals surface area contributed by atoms with E-state index in [9.17, 15) is 4.79 Å². The van der Waals surface area contributed by atoms with Crippen molar-refractivity contribution in [2.45, 2.75) is 0 Å². The zero-order valence-electron chi connectivity index (χ0n) is 11.1. The number of carbonyl (C=O) groups excluding carboxylic acids is 1. The largest absolute Gasteiger partial charge is 0.360 e. The fourth-order valence-electron chi connectivity index (χ4n) is 2.48. The van der Waals surface area contributed by atoms with Crippen molar-refractivity contribution in [3.63, 3.8) is 0 Å². The van der Waals surface area contributed by atoms with Crippen LogP contribution in [-0.4, -0.2) is 28.3 Å². The standard InChI is InChI=1S/C15H13N5O/c21-15-17-8-14(19-20-15)9-3-4-11-10(6-9)7-13(18-11)12-2-1-5-16-12/h1-7,16,18H,8H2,(H2,17,20,21). The summed E-state index contributed by atoms with van der Waals surface area (Å²) < 4.78 is 0. The molecule has 6 nitrogen and oxygen atoms in total. The molecule has 104 valence electrons. The molecule has 4 N–H and O–H groups in total. The molecule has 0 saturated carbocycles. The van der Waals surface area contributed by atoms with E-state index in [-0.39, 0.29) is 6.03 Å². The van der Waals surface area contributed by atoms with E-state index in [2.05, 4.69) is 37.9 Å². The molecule has 4 rings (SSSR count). The first kappa shape index (κ1) is 11.8. The monoisotopic (exact) mass is 279 g/mol. The van der Waals surface area contributed by atoms with Gasteiger partial charge in [0.05, 0.1) is 23.6 Å². The Balaban J connectivity index is 1.75. The molecule has 0 radical (unpaired) electrons. The first-order valence-corrected chi connectivity index (χ1v) is 6.67. The van der Waals surface area contributed by atoms with Crippen molar-refractivity contribution < 1.29 is 4.79 Å². The van der Waals surface area contributed by atoms with E-state index < -0.39 is 0 Å². The molecule has 0 saturated heterocycles. The minimum absolute atomic E-state index is 0.268. The second-order valence-corrected chi connectivity index (χ2v) is 4.92. The summed E-state index contributed by atoms with van der Waals surface area (Å²) in [5.41, 5.74) is 7.41. The van der Waals surface area contributed by atoms with Gasteiger partial charge in [-0.05, 0) is 30.3 Å². The molecule has 6 heteroatoms. The summed E-state index contributed by atoms with van der Waals surface area (Å²) in [6.07, 6.45) is 1.90. The van der Waals surface area contributed by atoms with Crippen molar-refractivity contribution >= 4 is 22.6 Å². The van der Waals surface area contributed by atoms with Crippen LogP contribution in [0.2, 0.25) is 0 Å². The number of aromatic amines is 2. The summed E-state index contributed by atoms with van der Waals surface area (Å²) in [6, 6.07) is 11.9. The molecular formula is C15H13N5O. The molecule has 0 fully saturated rings. The highest BCUT2D eigenvalue weighted by molar-refractivity contribution is 6.07. The number of nitrogens with zero attached hydrogens (tertiary/aromatic N) is 1.